The number of ether oxygens (including phenoxy) is 2. The number of carbonyl (C=O) groups excluding carboxylic acids is 2. The van der Waals surface area contributed by atoms with Crippen molar-refractivity contribution in [3.8, 4) is 22.9 Å². The van der Waals surface area contributed by atoms with Gasteiger partial charge in [-0.1, -0.05) is 0 Å². The van der Waals surface area contributed by atoms with Gasteiger partial charge in [0.2, 0.25) is 0 Å². The highest BCUT2D eigenvalue weighted by molar-refractivity contribution is 6.05. The van der Waals surface area contributed by atoms with Crippen LogP contribution in [0.4, 0.5) is 4.39 Å². The first-order valence-electron chi connectivity index (χ1n) is 12.5. The number of hydrogen-bond donors (Lipinski definition) is 3. The Balaban J connectivity index is 1.41. The molecule has 1 saturated heterocycles. The van der Waals surface area contributed by atoms with Crippen LogP contribution in [0.25, 0.3) is 22.4 Å². The Labute approximate surface area is 213 Å². The summed E-state index contributed by atoms with van der Waals surface area (Å²) in [5.41, 5.74) is 1.77. The number of halogens is 1. The largest absolute Gasteiger partial charge is 0.494 e. The first kappa shape index (κ1) is 24.9. The molecule has 3 aromatic rings. The van der Waals surface area contributed by atoms with Crippen molar-refractivity contribution in [2.45, 2.75) is 44.8 Å². The Morgan fingerprint density at radius 1 is 1.30 bits per heavy atom. The van der Waals surface area contributed by atoms with E-state index in [1.165, 1.54) is 26.2 Å². The maximum Gasteiger partial charge on any atom is 0.255 e. The first-order chi connectivity index (χ1) is 17.8. The van der Waals surface area contributed by atoms with Gasteiger partial charge in [0.1, 0.15) is 17.4 Å². The fourth-order valence-electron chi connectivity index (χ4n) is 4.51. The van der Waals surface area contributed by atoms with E-state index in [2.05, 4.69) is 20.3 Å². The summed E-state index contributed by atoms with van der Waals surface area (Å²) in [5.74, 6) is -0.138. The number of rotatable bonds is 8. The van der Waals surface area contributed by atoms with Crippen molar-refractivity contribution >= 4 is 22.8 Å². The van der Waals surface area contributed by atoms with Crippen LogP contribution in [0, 0.1) is 11.7 Å². The van der Waals surface area contributed by atoms with Crippen molar-refractivity contribution in [1.82, 2.24) is 25.2 Å². The monoisotopic (exact) mass is 511 g/mol. The zero-order valence-corrected chi connectivity index (χ0v) is 20.8. The van der Waals surface area contributed by atoms with Crippen molar-refractivity contribution in [3.05, 3.63) is 35.9 Å². The number of nitrogens with zero attached hydrogens (tertiary/aromatic N) is 3. The van der Waals surface area contributed by atoms with Gasteiger partial charge >= 0.3 is 0 Å². The molecule has 37 heavy (non-hydrogen) atoms. The number of H-pyrrole nitrogens is 1. The molecule has 1 aliphatic heterocycles. The maximum atomic E-state index is 14.5. The number of aliphatic hydroxyl groups is 1. The van der Waals surface area contributed by atoms with Gasteiger partial charge in [-0.2, -0.15) is 0 Å². The van der Waals surface area contributed by atoms with Crippen LogP contribution in [0.2, 0.25) is 0 Å². The number of carbonyl (C=O) groups is 2. The number of aromatic nitrogens is 3. The van der Waals surface area contributed by atoms with Gasteiger partial charge in [-0.3, -0.25) is 9.59 Å². The number of fused-ring (bicyclic) bond motifs is 1. The molecular weight excluding hydrogens is 481 g/mol. The number of aliphatic hydroxyl groups excluding tert-OH is 1. The summed E-state index contributed by atoms with van der Waals surface area (Å²) in [5, 5.41) is 12.6. The summed E-state index contributed by atoms with van der Waals surface area (Å²) in [6.07, 6.45) is 5.67. The van der Waals surface area contributed by atoms with Gasteiger partial charge in [-0.05, 0) is 44.6 Å². The minimum Gasteiger partial charge on any atom is -0.494 e. The SMILES string of the molecule is COc1cc(-c2ncc3[nH]cc(C(=O)N[C@@H]4CCCN(C(=O)[C@H](C)O)C4)c3n2)c(OCC2CC2)cc1F. The van der Waals surface area contributed by atoms with E-state index in [0.717, 1.165) is 25.7 Å². The summed E-state index contributed by atoms with van der Waals surface area (Å²) in [4.78, 5) is 39.0. The molecule has 11 heteroatoms. The van der Waals surface area contributed by atoms with Crippen LogP contribution in [0.5, 0.6) is 11.5 Å². The van der Waals surface area contributed by atoms with E-state index in [1.807, 2.05) is 0 Å². The molecule has 0 radical (unpaired) electrons. The molecule has 3 heterocycles. The van der Waals surface area contributed by atoms with Gasteiger partial charge in [0, 0.05) is 31.4 Å². The van der Waals surface area contributed by atoms with Crippen molar-refractivity contribution < 1.29 is 28.6 Å². The molecule has 2 aromatic heterocycles. The Morgan fingerprint density at radius 2 is 2.11 bits per heavy atom. The second-order valence-electron chi connectivity index (χ2n) is 9.67. The van der Waals surface area contributed by atoms with E-state index in [1.54, 1.807) is 17.3 Å². The van der Waals surface area contributed by atoms with Gasteiger partial charge in [0.05, 0.1) is 36.6 Å². The highest BCUT2D eigenvalue weighted by Crippen LogP contribution is 2.37. The molecule has 196 valence electrons. The van der Waals surface area contributed by atoms with Crippen LogP contribution < -0.4 is 14.8 Å². The van der Waals surface area contributed by atoms with Gasteiger partial charge < -0.3 is 29.8 Å². The first-order valence-corrected chi connectivity index (χ1v) is 12.5. The molecule has 2 aliphatic rings. The van der Waals surface area contributed by atoms with Gasteiger partial charge in [0.15, 0.2) is 17.4 Å². The topological polar surface area (TPSA) is 130 Å². The lowest BCUT2D eigenvalue weighted by Gasteiger charge is -2.33. The Kier molecular flexibility index (Phi) is 6.96. The number of benzene rings is 1. The lowest BCUT2D eigenvalue weighted by Crippen LogP contribution is -2.51. The van der Waals surface area contributed by atoms with Gasteiger partial charge in [-0.25, -0.2) is 14.4 Å². The lowest BCUT2D eigenvalue weighted by molar-refractivity contribution is -0.140. The van der Waals surface area contributed by atoms with Crippen LogP contribution >= 0.6 is 0 Å². The van der Waals surface area contributed by atoms with Crippen molar-refractivity contribution in [2.75, 3.05) is 26.8 Å². The number of methoxy groups -OCH3 is 1. The van der Waals surface area contributed by atoms with Crippen LogP contribution in [0.1, 0.15) is 43.0 Å². The van der Waals surface area contributed by atoms with E-state index < -0.39 is 11.9 Å². The standard InChI is InChI=1S/C26H30FN5O5/c1-14(33)26(35)32-7-3-4-16(12-32)30-25(34)18-10-28-20-11-29-24(31-23(18)20)17-8-22(36-2)19(27)9-21(17)37-13-15-5-6-15/h8-11,14-16,28,33H,3-7,12-13H2,1-2H3,(H,30,34)/t14-,16+/m0/s1. The second kappa shape index (κ2) is 10.3. The maximum absolute atomic E-state index is 14.5. The second-order valence-corrected chi connectivity index (χ2v) is 9.67. The molecule has 3 N–H and O–H groups in total. The predicted molar refractivity (Wildman–Crippen MR) is 133 cm³/mol. The summed E-state index contributed by atoms with van der Waals surface area (Å²) >= 11 is 0. The van der Waals surface area contributed by atoms with E-state index in [4.69, 9.17) is 9.47 Å². The lowest BCUT2D eigenvalue weighted by atomic mass is 10.0. The molecule has 2 fully saturated rings. The van der Waals surface area contributed by atoms with Crippen molar-refractivity contribution in [2.24, 2.45) is 5.92 Å². The molecule has 5 rings (SSSR count). The smallest absolute Gasteiger partial charge is 0.255 e. The van der Waals surface area contributed by atoms with E-state index >= 15 is 0 Å². The zero-order valence-electron chi connectivity index (χ0n) is 20.8. The number of hydrogen-bond acceptors (Lipinski definition) is 7. The van der Waals surface area contributed by atoms with E-state index in [9.17, 15) is 19.1 Å². The molecular formula is C26H30FN5O5. The Bertz CT molecular complexity index is 1320. The third-order valence-corrected chi connectivity index (χ3v) is 6.75. The molecule has 1 aliphatic carbocycles. The average Bonchev–Trinajstić information content (AvgIpc) is 3.63. The van der Waals surface area contributed by atoms with Crippen LogP contribution in [-0.4, -0.2) is 75.7 Å². The van der Waals surface area contributed by atoms with E-state index in [-0.39, 0.29) is 29.4 Å². The van der Waals surface area contributed by atoms with Crippen molar-refractivity contribution in [1.29, 1.82) is 0 Å². The molecule has 10 nitrogen and oxygen atoms in total. The van der Waals surface area contributed by atoms with Crippen LogP contribution in [-0.2, 0) is 4.79 Å². The third kappa shape index (κ3) is 5.36. The summed E-state index contributed by atoms with van der Waals surface area (Å²) in [7, 11) is 1.38. The molecule has 1 saturated carbocycles. The summed E-state index contributed by atoms with van der Waals surface area (Å²) in [6.45, 7) is 2.79. The minimum absolute atomic E-state index is 0.0399. The number of piperidine rings is 1. The molecule has 1 aromatic carbocycles. The highest BCUT2D eigenvalue weighted by atomic mass is 19.1. The number of amides is 2. The van der Waals surface area contributed by atoms with Crippen LogP contribution in [0.3, 0.4) is 0 Å². The molecule has 2 atom stereocenters. The molecule has 2 amide bonds. The Hall–Kier alpha value is -3.73. The zero-order chi connectivity index (χ0) is 26.1. The van der Waals surface area contributed by atoms with E-state index in [0.29, 0.717) is 53.5 Å². The predicted octanol–water partition coefficient (Wildman–Crippen LogP) is 2.66. The summed E-state index contributed by atoms with van der Waals surface area (Å²) < 4.78 is 25.5. The average molecular weight is 512 g/mol. The number of likely N-dealkylation sites (tertiary alicyclic amines) is 1. The Morgan fingerprint density at radius 3 is 2.84 bits per heavy atom. The third-order valence-electron chi connectivity index (χ3n) is 6.75. The van der Waals surface area contributed by atoms with Gasteiger partial charge in [-0.15, -0.1) is 0 Å². The number of aromatic amines is 1. The van der Waals surface area contributed by atoms with Gasteiger partial charge in [0.25, 0.3) is 11.8 Å². The minimum atomic E-state index is -1.08. The van der Waals surface area contributed by atoms with Crippen LogP contribution in [0.15, 0.2) is 24.5 Å². The number of nitrogens with one attached hydrogen (secondary N) is 2. The molecule has 0 unspecified atom stereocenters. The fourth-order valence-corrected chi connectivity index (χ4v) is 4.51. The van der Waals surface area contributed by atoms with Crippen molar-refractivity contribution in [3.63, 3.8) is 0 Å². The highest BCUT2D eigenvalue weighted by Gasteiger charge is 2.28. The quantitative estimate of drug-likeness (QED) is 0.424. The fraction of sp³-hybridized carbons (Fsp3) is 0.462. The molecule has 0 bridgehead atoms. The normalized spacial score (nSPS) is 18.5. The summed E-state index contributed by atoms with van der Waals surface area (Å²) in [6, 6.07) is 2.53. The molecule has 0 spiro atoms.